The molecule has 3 nitrogen and oxygen atoms in total. The largest absolute Gasteiger partial charge is 0.371 e. The van der Waals surface area contributed by atoms with Gasteiger partial charge in [0.15, 0.2) is 12.5 Å². The Morgan fingerprint density at radius 2 is 2.50 bits per heavy atom. The first-order valence-electron chi connectivity index (χ1n) is 1.40. The summed E-state index contributed by atoms with van der Waals surface area (Å²) < 4.78 is 0. The zero-order valence-corrected chi connectivity index (χ0v) is 4.24. The van der Waals surface area contributed by atoms with Crippen LogP contribution < -0.4 is 5.09 Å². The van der Waals surface area contributed by atoms with Crippen LogP contribution in [0.1, 0.15) is 0 Å². The van der Waals surface area contributed by atoms with Gasteiger partial charge < -0.3 is 5.11 Å². The van der Waals surface area contributed by atoms with Crippen LogP contribution in [0.3, 0.4) is 0 Å². The highest BCUT2D eigenvalue weighted by Gasteiger charge is 1.89. The minimum Gasteiger partial charge on any atom is -0.371 e. The lowest BCUT2D eigenvalue weighted by Gasteiger charge is -1.93. The van der Waals surface area contributed by atoms with Crippen LogP contribution in [0.15, 0.2) is 0 Å². The van der Waals surface area contributed by atoms with E-state index in [0.29, 0.717) is 6.29 Å². The summed E-state index contributed by atoms with van der Waals surface area (Å²) in [6, 6.07) is 0. The zero-order chi connectivity index (χ0) is 4.99. The van der Waals surface area contributed by atoms with Gasteiger partial charge in [0.1, 0.15) is 0 Å². The summed E-state index contributed by atoms with van der Waals surface area (Å²) >= 11 is 0. The van der Waals surface area contributed by atoms with Crippen molar-refractivity contribution in [2.45, 2.75) is 6.23 Å². The van der Waals surface area contributed by atoms with E-state index >= 15 is 0 Å². The SMILES string of the molecule is O=CC(O)NP. The van der Waals surface area contributed by atoms with Crippen molar-refractivity contribution in [2.24, 2.45) is 0 Å². The fraction of sp³-hybridized carbons (Fsp3) is 0.500. The summed E-state index contributed by atoms with van der Waals surface area (Å²) in [5.74, 6) is 0. The molecular weight excluding hydrogens is 101 g/mol. The maximum absolute atomic E-state index is 9.41. The highest BCUT2D eigenvalue weighted by Crippen LogP contribution is 1.70. The molecule has 0 heterocycles. The van der Waals surface area contributed by atoms with Crippen molar-refractivity contribution in [1.29, 1.82) is 0 Å². The molecule has 0 aromatic heterocycles. The molecule has 0 aromatic rings. The lowest BCUT2D eigenvalue weighted by atomic mass is 10.7. The number of rotatable bonds is 2. The fourth-order valence-corrected chi connectivity index (χ4v) is 0.118. The highest BCUT2D eigenvalue weighted by molar-refractivity contribution is 7.13. The molecule has 0 radical (unpaired) electrons. The minimum absolute atomic E-state index is 0.396. The average molecular weight is 107 g/mol. The Kier molecular flexibility index (Phi) is 3.23. The first-order valence-corrected chi connectivity index (χ1v) is 1.98. The van der Waals surface area contributed by atoms with Crippen LogP contribution in [0.25, 0.3) is 0 Å². The molecule has 0 spiro atoms. The first-order chi connectivity index (χ1) is 2.81. The highest BCUT2D eigenvalue weighted by atomic mass is 31.0. The average Bonchev–Trinajstić information content (AvgIpc) is 1.65. The number of aliphatic hydroxyl groups excluding tert-OH is 1. The van der Waals surface area contributed by atoms with E-state index < -0.39 is 6.23 Å². The summed E-state index contributed by atoms with van der Waals surface area (Å²) in [6.07, 6.45) is -0.637. The smallest absolute Gasteiger partial charge is 0.164 e. The van der Waals surface area contributed by atoms with Crippen LogP contribution in [0.4, 0.5) is 0 Å². The predicted octanol–water partition coefficient (Wildman–Crippen LogP) is -1.12. The van der Waals surface area contributed by atoms with Crippen LogP contribution in [0.5, 0.6) is 0 Å². The summed E-state index contributed by atoms with van der Waals surface area (Å²) in [7, 11) is 2.01. The van der Waals surface area contributed by atoms with Crippen LogP contribution in [-0.2, 0) is 4.79 Å². The number of aliphatic hydroxyl groups is 1. The van der Waals surface area contributed by atoms with Gasteiger partial charge >= 0.3 is 0 Å². The van der Waals surface area contributed by atoms with Gasteiger partial charge in [0.25, 0.3) is 0 Å². The molecule has 36 valence electrons. The van der Waals surface area contributed by atoms with Crippen LogP contribution in [-0.4, -0.2) is 17.6 Å². The predicted molar refractivity (Wildman–Crippen MR) is 24.9 cm³/mol. The number of carbonyl (C=O) groups excluding carboxylic acids is 1. The van der Waals surface area contributed by atoms with Crippen molar-refractivity contribution in [2.75, 3.05) is 0 Å². The van der Waals surface area contributed by atoms with Gasteiger partial charge in [-0.25, -0.2) is 0 Å². The van der Waals surface area contributed by atoms with Crippen molar-refractivity contribution < 1.29 is 9.90 Å². The van der Waals surface area contributed by atoms with Gasteiger partial charge in [-0.1, -0.05) is 9.39 Å². The second kappa shape index (κ2) is 3.22. The molecule has 6 heavy (non-hydrogen) atoms. The van der Waals surface area contributed by atoms with Crippen LogP contribution in [0, 0.1) is 0 Å². The maximum Gasteiger partial charge on any atom is 0.164 e. The van der Waals surface area contributed by atoms with Gasteiger partial charge in [-0.05, 0) is 0 Å². The topological polar surface area (TPSA) is 49.3 Å². The van der Waals surface area contributed by atoms with E-state index in [-0.39, 0.29) is 0 Å². The monoisotopic (exact) mass is 107 g/mol. The van der Waals surface area contributed by atoms with Gasteiger partial charge in [0.05, 0.1) is 0 Å². The third-order valence-corrected chi connectivity index (χ3v) is 0.641. The fourth-order valence-electron chi connectivity index (χ4n) is 0.0393. The molecule has 0 fully saturated rings. The van der Waals surface area contributed by atoms with Crippen molar-refractivity contribution in [1.82, 2.24) is 5.09 Å². The molecule has 4 heteroatoms. The van der Waals surface area contributed by atoms with Crippen molar-refractivity contribution in [3.05, 3.63) is 0 Å². The Hall–Kier alpha value is 0.0200. The van der Waals surface area contributed by atoms with E-state index in [2.05, 4.69) is 5.09 Å². The summed E-state index contributed by atoms with van der Waals surface area (Å²) in [5, 5.41) is 10.4. The molecule has 0 aliphatic rings. The van der Waals surface area contributed by atoms with E-state index in [0.717, 1.165) is 0 Å². The number of hydrogen-bond donors (Lipinski definition) is 2. The van der Waals surface area contributed by atoms with Gasteiger partial charge in [0, 0.05) is 0 Å². The van der Waals surface area contributed by atoms with Gasteiger partial charge in [-0.3, -0.25) is 9.88 Å². The zero-order valence-electron chi connectivity index (χ0n) is 3.09. The second-order valence-electron chi connectivity index (χ2n) is 0.748. The second-order valence-corrected chi connectivity index (χ2v) is 1.08. The first kappa shape index (κ1) is 6.02. The van der Waals surface area contributed by atoms with Gasteiger partial charge in [-0.2, -0.15) is 0 Å². The molecule has 0 bridgehead atoms. The Bertz CT molecular complexity index is 48.8. The number of nitrogens with one attached hydrogen (secondary N) is 1. The molecule has 2 atom stereocenters. The van der Waals surface area contributed by atoms with Gasteiger partial charge in [0.2, 0.25) is 0 Å². The molecule has 0 amide bonds. The normalized spacial score (nSPS) is 13.7. The molecule has 2 N–H and O–H groups in total. The van der Waals surface area contributed by atoms with Crippen molar-refractivity contribution in [3.63, 3.8) is 0 Å². The molecule has 0 saturated carbocycles. The van der Waals surface area contributed by atoms with E-state index in [1.165, 1.54) is 0 Å². The molecule has 0 aliphatic heterocycles. The Balaban J connectivity index is 2.96. The Morgan fingerprint density at radius 1 is 2.00 bits per heavy atom. The molecule has 0 saturated heterocycles. The molecule has 0 aromatic carbocycles. The van der Waals surface area contributed by atoms with E-state index in [4.69, 9.17) is 5.11 Å². The third kappa shape index (κ3) is 2.27. The number of carbonyl (C=O) groups is 1. The quantitative estimate of drug-likeness (QED) is 0.267. The summed E-state index contributed by atoms with van der Waals surface area (Å²) in [5.41, 5.74) is 0. The lowest BCUT2D eigenvalue weighted by molar-refractivity contribution is -0.115. The van der Waals surface area contributed by atoms with Crippen LogP contribution >= 0.6 is 9.39 Å². The Morgan fingerprint density at radius 3 is 2.50 bits per heavy atom. The Labute approximate surface area is 38.0 Å². The maximum atomic E-state index is 9.41. The molecular formula is C2H6NO2P. The van der Waals surface area contributed by atoms with E-state index in [1.807, 2.05) is 9.39 Å². The lowest BCUT2D eigenvalue weighted by Crippen LogP contribution is -2.19. The summed E-state index contributed by atoms with van der Waals surface area (Å²) in [6.45, 7) is 0. The van der Waals surface area contributed by atoms with E-state index in [9.17, 15) is 4.79 Å². The van der Waals surface area contributed by atoms with Gasteiger partial charge in [-0.15, -0.1) is 0 Å². The number of aldehydes is 1. The van der Waals surface area contributed by atoms with Crippen LogP contribution in [0.2, 0.25) is 0 Å². The number of hydrogen-bond acceptors (Lipinski definition) is 3. The standard InChI is InChI=1S/C2H6NO2P/c4-1-2(5)3-6/h1-3,5H,6H2. The molecule has 2 unspecified atom stereocenters. The minimum atomic E-state index is -1.03. The molecule has 0 aliphatic carbocycles. The van der Waals surface area contributed by atoms with Crippen molar-refractivity contribution in [3.8, 4) is 0 Å². The summed E-state index contributed by atoms with van der Waals surface area (Å²) in [4.78, 5) is 9.41. The third-order valence-electron chi connectivity index (χ3n) is 0.300. The molecule has 0 rings (SSSR count). The van der Waals surface area contributed by atoms with E-state index in [1.54, 1.807) is 0 Å². The van der Waals surface area contributed by atoms with Crippen molar-refractivity contribution >= 4 is 15.7 Å².